The van der Waals surface area contributed by atoms with Crippen LogP contribution in [0.1, 0.15) is 38.2 Å². The molecule has 1 saturated carbocycles. The molecule has 1 saturated heterocycles. The summed E-state index contributed by atoms with van der Waals surface area (Å²) in [5.74, 6) is 4.47. The number of anilines is 1. The maximum Gasteiger partial charge on any atom is 0.228 e. The van der Waals surface area contributed by atoms with Crippen LogP contribution in [-0.4, -0.2) is 58.0 Å². The van der Waals surface area contributed by atoms with Gasteiger partial charge < -0.3 is 19.7 Å². The van der Waals surface area contributed by atoms with Gasteiger partial charge in [0.25, 0.3) is 0 Å². The Labute approximate surface area is 235 Å². The lowest BCUT2D eigenvalue weighted by atomic mass is 9.90. The first-order valence-corrected chi connectivity index (χ1v) is 14.2. The highest BCUT2D eigenvalue weighted by atomic mass is 16.5. The number of piperidine rings is 1. The lowest BCUT2D eigenvalue weighted by Gasteiger charge is -2.35. The van der Waals surface area contributed by atoms with E-state index in [1.807, 2.05) is 24.3 Å². The van der Waals surface area contributed by atoms with E-state index in [4.69, 9.17) is 14.5 Å². The quantitative estimate of drug-likeness (QED) is 0.271. The second-order valence-corrected chi connectivity index (χ2v) is 10.9. The number of aromatic nitrogens is 5. The zero-order chi connectivity index (χ0) is 27.3. The fourth-order valence-corrected chi connectivity index (χ4v) is 5.30. The number of ether oxygens (including phenoxy) is 2. The third-order valence-corrected chi connectivity index (χ3v) is 8.01. The first-order chi connectivity index (χ1) is 19.6. The lowest BCUT2D eigenvalue weighted by molar-refractivity contribution is 0.295. The SMILES string of the molecule is COc1cc(CNC(C)C2CCN(c3ncnc(-c4cccc(-c5ccn[nH]5)c4)n3)CC2)cc(OCC2CC2)c1. The molecule has 2 aromatic heterocycles. The number of methoxy groups -OCH3 is 1. The molecule has 2 aromatic carbocycles. The number of aromatic amines is 1. The molecule has 1 unspecified atom stereocenters. The molecule has 2 fully saturated rings. The van der Waals surface area contributed by atoms with Gasteiger partial charge in [-0.05, 0) is 74.3 Å². The summed E-state index contributed by atoms with van der Waals surface area (Å²) in [7, 11) is 1.71. The van der Waals surface area contributed by atoms with E-state index in [0.29, 0.717) is 17.8 Å². The molecule has 6 rings (SSSR count). The molecule has 4 aromatic rings. The van der Waals surface area contributed by atoms with Crippen LogP contribution >= 0.6 is 0 Å². The molecule has 1 aliphatic heterocycles. The summed E-state index contributed by atoms with van der Waals surface area (Å²) in [5.41, 5.74) is 4.16. The summed E-state index contributed by atoms with van der Waals surface area (Å²) in [6.45, 7) is 5.72. The van der Waals surface area contributed by atoms with Crippen LogP contribution in [0.15, 0.2) is 61.1 Å². The summed E-state index contributed by atoms with van der Waals surface area (Å²) in [5, 5.41) is 10.8. The van der Waals surface area contributed by atoms with Gasteiger partial charge in [-0.15, -0.1) is 0 Å². The van der Waals surface area contributed by atoms with E-state index in [-0.39, 0.29) is 0 Å². The van der Waals surface area contributed by atoms with Crippen molar-refractivity contribution >= 4 is 5.95 Å². The number of rotatable bonds is 11. The van der Waals surface area contributed by atoms with Gasteiger partial charge in [-0.25, -0.2) is 9.97 Å². The van der Waals surface area contributed by atoms with Gasteiger partial charge in [0.1, 0.15) is 17.8 Å². The molecular weight excluding hydrogens is 502 g/mol. The number of H-pyrrole nitrogens is 1. The third kappa shape index (κ3) is 6.42. The lowest BCUT2D eigenvalue weighted by Crippen LogP contribution is -2.42. The molecule has 2 N–H and O–H groups in total. The monoisotopic (exact) mass is 539 g/mol. The summed E-state index contributed by atoms with van der Waals surface area (Å²) >= 11 is 0. The van der Waals surface area contributed by atoms with Crippen molar-refractivity contribution in [3.63, 3.8) is 0 Å². The Hall–Kier alpha value is -3.98. The number of benzene rings is 2. The molecule has 2 aliphatic rings. The first kappa shape index (κ1) is 26.3. The normalized spacial score (nSPS) is 16.6. The zero-order valence-electron chi connectivity index (χ0n) is 23.2. The molecule has 208 valence electrons. The molecule has 0 amide bonds. The Morgan fingerprint density at radius 3 is 2.60 bits per heavy atom. The summed E-state index contributed by atoms with van der Waals surface area (Å²) < 4.78 is 11.5. The van der Waals surface area contributed by atoms with Crippen LogP contribution < -0.4 is 19.7 Å². The van der Waals surface area contributed by atoms with E-state index < -0.39 is 0 Å². The summed E-state index contributed by atoms with van der Waals surface area (Å²) in [4.78, 5) is 16.1. The maximum atomic E-state index is 6.02. The van der Waals surface area contributed by atoms with Crippen molar-refractivity contribution in [2.75, 3.05) is 31.7 Å². The van der Waals surface area contributed by atoms with Crippen LogP contribution in [0.5, 0.6) is 11.5 Å². The van der Waals surface area contributed by atoms with Gasteiger partial charge in [-0.2, -0.15) is 10.1 Å². The average Bonchev–Trinajstić information content (AvgIpc) is 3.68. The number of hydrogen-bond donors (Lipinski definition) is 2. The van der Waals surface area contributed by atoms with Crippen LogP contribution in [0.2, 0.25) is 0 Å². The minimum atomic E-state index is 0.392. The standard InChI is InChI=1S/C31H37N7O2/c1-21(32-18-23-14-27(39-2)17-28(15-23)40-19-22-6-7-22)24-9-12-38(13-10-24)31-34-20-33-30(36-31)26-5-3-4-25(16-26)29-8-11-35-37-29/h3-5,8,11,14-17,20-22,24,32H,6-7,9-10,12-13,18-19H2,1-2H3,(H,35,37). The molecule has 0 radical (unpaired) electrons. The fraction of sp³-hybridized carbons (Fsp3) is 0.419. The highest BCUT2D eigenvalue weighted by Gasteiger charge is 2.26. The van der Waals surface area contributed by atoms with Crippen molar-refractivity contribution in [1.82, 2.24) is 30.5 Å². The average molecular weight is 540 g/mol. The minimum absolute atomic E-state index is 0.392. The summed E-state index contributed by atoms with van der Waals surface area (Å²) in [6, 6.07) is 16.7. The third-order valence-electron chi connectivity index (χ3n) is 8.01. The van der Waals surface area contributed by atoms with E-state index in [2.05, 4.69) is 61.6 Å². The predicted octanol–water partition coefficient (Wildman–Crippen LogP) is 5.12. The van der Waals surface area contributed by atoms with Crippen LogP contribution in [0.25, 0.3) is 22.6 Å². The van der Waals surface area contributed by atoms with Crippen molar-refractivity contribution in [2.45, 2.75) is 45.2 Å². The molecule has 9 nitrogen and oxygen atoms in total. The maximum absolute atomic E-state index is 6.02. The molecule has 0 spiro atoms. The van der Waals surface area contributed by atoms with Gasteiger partial charge >= 0.3 is 0 Å². The largest absolute Gasteiger partial charge is 0.497 e. The topological polar surface area (TPSA) is 101 Å². The van der Waals surface area contributed by atoms with Crippen LogP contribution in [0.4, 0.5) is 5.95 Å². The summed E-state index contributed by atoms with van der Waals surface area (Å²) in [6.07, 6.45) is 8.10. The fourth-order valence-electron chi connectivity index (χ4n) is 5.30. The predicted molar refractivity (Wildman–Crippen MR) is 155 cm³/mol. The highest BCUT2D eigenvalue weighted by molar-refractivity contribution is 5.67. The van der Waals surface area contributed by atoms with Gasteiger partial charge in [-0.1, -0.05) is 18.2 Å². The van der Waals surface area contributed by atoms with Crippen molar-refractivity contribution in [2.24, 2.45) is 11.8 Å². The van der Waals surface area contributed by atoms with Crippen LogP contribution in [-0.2, 0) is 6.54 Å². The molecule has 3 heterocycles. The molecule has 40 heavy (non-hydrogen) atoms. The Kier molecular flexibility index (Phi) is 7.90. The van der Waals surface area contributed by atoms with E-state index in [1.54, 1.807) is 19.6 Å². The number of nitrogens with one attached hydrogen (secondary N) is 2. The number of nitrogens with zero attached hydrogens (tertiary/aromatic N) is 5. The first-order valence-electron chi connectivity index (χ1n) is 14.2. The Bertz CT molecular complexity index is 1400. The van der Waals surface area contributed by atoms with Gasteiger partial charge in [0, 0.05) is 49.1 Å². The molecule has 1 aliphatic carbocycles. The Morgan fingerprint density at radius 2 is 1.82 bits per heavy atom. The van der Waals surface area contributed by atoms with Crippen molar-refractivity contribution in [1.29, 1.82) is 0 Å². The van der Waals surface area contributed by atoms with E-state index in [9.17, 15) is 0 Å². The Morgan fingerprint density at radius 1 is 1.00 bits per heavy atom. The van der Waals surface area contributed by atoms with Crippen molar-refractivity contribution in [3.8, 4) is 34.1 Å². The van der Waals surface area contributed by atoms with Crippen molar-refractivity contribution in [3.05, 3.63) is 66.6 Å². The minimum Gasteiger partial charge on any atom is -0.497 e. The van der Waals surface area contributed by atoms with Crippen LogP contribution in [0.3, 0.4) is 0 Å². The van der Waals surface area contributed by atoms with E-state index >= 15 is 0 Å². The van der Waals surface area contributed by atoms with Gasteiger partial charge in [-0.3, -0.25) is 5.10 Å². The van der Waals surface area contributed by atoms with Gasteiger partial charge in [0.2, 0.25) is 5.95 Å². The number of hydrogen-bond acceptors (Lipinski definition) is 8. The second-order valence-electron chi connectivity index (χ2n) is 10.9. The van der Waals surface area contributed by atoms with E-state index in [1.165, 1.54) is 18.4 Å². The molecular formula is C31H37N7O2. The second kappa shape index (κ2) is 12.0. The Balaban J connectivity index is 1.04. The van der Waals surface area contributed by atoms with Gasteiger partial charge in [0.05, 0.1) is 19.4 Å². The van der Waals surface area contributed by atoms with Crippen LogP contribution in [0, 0.1) is 11.8 Å². The van der Waals surface area contributed by atoms with Crippen molar-refractivity contribution < 1.29 is 9.47 Å². The smallest absolute Gasteiger partial charge is 0.228 e. The zero-order valence-corrected chi connectivity index (χ0v) is 23.2. The molecule has 1 atom stereocenters. The van der Waals surface area contributed by atoms with E-state index in [0.717, 1.165) is 79.3 Å². The van der Waals surface area contributed by atoms with Gasteiger partial charge in [0.15, 0.2) is 5.82 Å². The molecule has 0 bridgehead atoms. The molecule has 9 heteroatoms. The highest BCUT2D eigenvalue weighted by Crippen LogP contribution is 2.31.